The lowest BCUT2D eigenvalue weighted by atomic mass is 10.0. The number of ether oxygens (including phenoxy) is 1. The Morgan fingerprint density at radius 3 is 2.52 bits per heavy atom. The van der Waals surface area contributed by atoms with Crippen LogP contribution >= 0.6 is 0 Å². The average molecular weight is 299 g/mol. The van der Waals surface area contributed by atoms with Gasteiger partial charge in [-0.15, -0.1) is 0 Å². The summed E-state index contributed by atoms with van der Waals surface area (Å²) in [6.45, 7) is 10.7. The lowest BCUT2D eigenvalue weighted by Crippen LogP contribution is -2.49. The predicted octanol–water partition coefficient (Wildman–Crippen LogP) is 1.37. The Labute approximate surface area is 129 Å². The Morgan fingerprint density at radius 1 is 1.29 bits per heavy atom. The number of carbonyl (C=O) groups excluding carboxylic acids is 1. The summed E-state index contributed by atoms with van der Waals surface area (Å²) in [6, 6.07) is 0.603. The third kappa shape index (κ3) is 8.39. The monoisotopic (exact) mass is 299 g/mol. The van der Waals surface area contributed by atoms with Gasteiger partial charge in [0.05, 0.1) is 13.2 Å². The molecule has 1 rings (SSSR count). The number of amides is 1. The van der Waals surface area contributed by atoms with E-state index in [4.69, 9.17) is 10.5 Å². The van der Waals surface area contributed by atoms with Crippen molar-refractivity contribution in [3.8, 4) is 0 Å². The summed E-state index contributed by atoms with van der Waals surface area (Å²) in [5, 5.41) is 3.10. The predicted molar refractivity (Wildman–Crippen MR) is 86.1 cm³/mol. The number of hydrogen-bond donors (Lipinski definition) is 2. The van der Waals surface area contributed by atoms with Crippen LogP contribution in [-0.4, -0.2) is 55.7 Å². The second kappa shape index (κ2) is 10.1. The molecule has 5 nitrogen and oxygen atoms in total. The van der Waals surface area contributed by atoms with E-state index in [0.29, 0.717) is 18.4 Å². The lowest BCUT2D eigenvalue weighted by Gasteiger charge is -2.35. The van der Waals surface area contributed by atoms with Gasteiger partial charge in [0.25, 0.3) is 0 Å². The van der Waals surface area contributed by atoms with Crippen LogP contribution in [-0.2, 0) is 9.53 Å². The number of nitrogens with zero attached hydrogens (tertiary/aromatic N) is 1. The topological polar surface area (TPSA) is 67.6 Å². The standard InChI is InChI=1S/C16H33N3O2/c1-13(2)11-15(19-7-9-21-10-8-19)12-18-16(20)6-4-5-14(3)17/h13-15H,4-12,17H2,1-3H3,(H,18,20). The largest absolute Gasteiger partial charge is 0.379 e. The lowest BCUT2D eigenvalue weighted by molar-refractivity contribution is -0.121. The van der Waals surface area contributed by atoms with Crippen molar-refractivity contribution in [2.45, 2.75) is 58.5 Å². The van der Waals surface area contributed by atoms with Crippen LogP contribution in [0.15, 0.2) is 0 Å². The highest BCUT2D eigenvalue weighted by Crippen LogP contribution is 2.13. The van der Waals surface area contributed by atoms with Gasteiger partial charge in [-0.2, -0.15) is 0 Å². The van der Waals surface area contributed by atoms with Crippen molar-refractivity contribution in [2.24, 2.45) is 11.7 Å². The molecule has 2 atom stereocenters. The minimum Gasteiger partial charge on any atom is -0.379 e. The van der Waals surface area contributed by atoms with Gasteiger partial charge >= 0.3 is 0 Å². The molecule has 0 aromatic carbocycles. The molecule has 124 valence electrons. The Hall–Kier alpha value is -0.650. The van der Waals surface area contributed by atoms with Gasteiger partial charge in [-0.25, -0.2) is 0 Å². The zero-order valence-electron chi connectivity index (χ0n) is 13.9. The van der Waals surface area contributed by atoms with E-state index in [-0.39, 0.29) is 11.9 Å². The normalized spacial score (nSPS) is 19.5. The van der Waals surface area contributed by atoms with E-state index >= 15 is 0 Å². The van der Waals surface area contributed by atoms with Gasteiger partial charge < -0.3 is 15.8 Å². The van der Waals surface area contributed by atoms with Crippen molar-refractivity contribution in [1.29, 1.82) is 0 Å². The maximum absolute atomic E-state index is 11.9. The smallest absolute Gasteiger partial charge is 0.220 e. The molecule has 0 aliphatic carbocycles. The second-order valence-corrected chi connectivity index (χ2v) is 6.61. The minimum atomic E-state index is 0.151. The van der Waals surface area contributed by atoms with E-state index in [0.717, 1.165) is 52.1 Å². The van der Waals surface area contributed by atoms with E-state index in [1.807, 2.05) is 6.92 Å². The summed E-state index contributed by atoms with van der Waals surface area (Å²) in [4.78, 5) is 14.4. The highest BCUT2D eigenvalue weighted by molar-refractivity contribution is 5.75. The molecule has 0 bridgehead atoms. The van der Waals surface area contributed by atoms with E-state index < -0.39 is 0 Å². The van der Waals surface area contributed by atoms with Crippen LogP contribution in [0.3, 0.4) is 0 Å². The molecule has 21 heavy (non-hydrogen) atoms. The Morgan fingerprint density at radius 2 is 1.95 bits per heavy atom. The highest BCUT2D eigenvalue weighted by atomic mass is 16.5. The van der Waals surface area contributed by atoms with E-state index in [1.165, 1.54) is 0 Å². The molecule has 5 heteroatoms. The molecule has 1 aliphatic rings. The molecule has 2 unspecified atom stereocenters. The number of nitrogens with one attached hydrogen (secondary N) is 1. The average Bonchev–Trinajstić information content (AvgIpc) is 2.43. The van der Waals surface area contributed by atoms with Gasteiger partial charge in [0.2, 0.25) is 5.91 Å². The molecule has 0 spiro atoms. The van der Waals surface area contributed by atoms with E-state index in [1.54, 1.807) is 0 Å². The molecule has 0 saturated carbocycles. The zero-order chi connectivity index (χ0) is 15.7. The van der Waals surface area contributed by atoms with Crippen molar-refractivity contribution in [3.05, 3.63) is 0 Å². The van der Waals surface area contributed by atoms with Gasteiger partial charge in [0.15, 0.2) is 0 Å². The fourth-order valence-electron chi connectivity index (χ4n) is 2.75. The van der Waals surface area contributed by atoms with Gasteiger partial charge in [-0.05, 0) is 32.1 Å². The molecule has 0 aromatic heterocycles. The molecular formula is C16H33N3O2. The van der Waals surface area contributed by atoms with Crippen LogP contribution in [0.25, 0.3) is 0 Å². The van der Waals surface area contributed by atoms with Crippen LogP contribution in [0.4, 0.5) is 0 Å². The molecule has 0 radical (unpaired) electrons. The first-order chi connectivity index (χ1) is 9.99. The third-order valence-corrected chi connectivity index (χ3v) is 3.90. The molecule has 1 fully saturated rings. The number of hydrogen-bond acceptors (Lipinski definition) is 4. The minimum absolute atomic E-state index is 0.151. The van der Waals surface area contributed by atoms with Crippen LogP contribution in [0.2, 0.25) is 0 Å². The van der Waals surface area contributed by atoms with Crippen molar-refractivity contribution in [1.82, 2.24) is 10.2 Å². The summed E-state index contributed by atoms with van der Waals surface area (Å²) < 4.78 is 5.42. The van der Waals surface area contributed by atoms with Crippen molar-refractivity contribution in [3.63, 3.8) is 0 Å². The quantitative estimate of drug-likeness (QED) is 0.675. The molecule has 0 aromatic rings. The number of nitrogens with two attached hydrogens (primary N) is 1. The summed E-state index contributed by atoms with van der Waals surface area (Å²) in [7, 11) is 0. The van der Waals surface area contributed by atoms with Gasteiger partial charge in [0.1, 0.15) is 0 Å². The maximum Gasteiger partial charge on any atom is 0.220 e. The number of morpholine rings is 1. The first-order valence-corrected chi connectivity index (χ1v) is 8.33. The SMILES string of the molecule is CC(C)CC(CNC(=O)CCCC(C)N)N1CCOCC1. The highest BCUT2D eigenvalue weighted by Gasteiger charge is 2.22. The van der Waals surface area contributed by atoms with E-state index in [9.17, 15) is 4.79 Å². The summed E-state index contributed by atoms with van der Waals surface area (Å²) in [5.41, 5.74) is 5.70. The van der Waals surface area contributed by atoms with E-state index in [2.05, 4.69) is 24.1 Å². The van der Waals surface area contributed by atoms with Crippen LogP contribution in [0, 0.1) is 5.92 Å². The third-order valence-electron chi connectivity index (χ3n) is 3.90. The van der Waals surface area contributed by atoms with Gasteiger partial charge in [-0.1, -0.05) is 13.8 Å². The molecule has 1 amide bonds. The Kier molecular flexibility index (Phi) is 8.88. The molecule has 3 N–H and O–H groups in total. The van der Waals surface area contributed by atoms with Gasteiger partial charge in [-0.3, -0.25) is 9.69 Å². The fourth-order valence-corrected chi connectivity index (χ4v) is 2.75. The summed E-state index contributed by atoms with van der Waals surface area (Å²) in [6.07, 6.45) is 3.47. The molecular weight excluding hydrogens is 266 g/mol. The number of rotatable bonds is 9. The Balaban J connectivity index is 2.32. The molecule has 1 heterocycles. The summed E-state index contributed by atoms with van der Waals surface area (Å²) >= 11 is 0. The van der Waals surface area contributed by atoms with Crippen LogP contribution in [0.5, 0.6) is 0 Å². The van der Waals surface area contributed by atoms with Gasteiger partial charge in [0, 0.05) is 38.1 Å². The summed E-state index contributed by atoms with van der Waals surface area (Å²) in [5.74, 6) is 0.783. The number of carbonyl (C=O) groups is 1. The van der Waals surface area contributed by atoms with Crippen molar-refractivity contribution in [2.75, 3.05) is 32.8 Å². The van der Waals surface area contributed by atoms with Crippen LogP contribution < -0.4 is 11.1 Å². The first kappa shape index (κ1) is 18.4. The molecule has 1 saturated heterocycles. The zero-order valence-corrected chi connectivity index (χ0v) is 13.9. The van der Waals surface area contributed by atoms with Crippen molar-refractivity contribution >= 4 is 5.91 Å². The first-order valence-electron chi connectivity index (χ1n) is 8.33. The second-order valence-electron chi connectivity index (χ2n) is 6.61. The molecule has 1 aliphatic heterocycles. The van der Waals surface area contributed by atoms with Crippen LogP contribution in [0.1, 0.15) is 46.5 Å². The fraction of sp³-hybridized carbons (Fsp3) is 0.938. The maximum atomic E-state index is 11.9. The Bertz CT molecular complexity index is 289. The van der Waals surface area contributed by atoms with Crippen molar-refractivity contribution < 1.29 is 9.53 Å².